The number of amides is 1. The molecule has 0 saturated carbocycles. The molecule has 1 aliphatic heterocycles. The van der Waals surface area contributed by atoms with Gasteiger partial charge in [0.05, 0.1) is 32.0 Å². The van der Waals surface area contributed by atoms with Gasteiger partial charge < -0.3 is 24.4 Å². The molecule has 0 unspecified atom stereocenters. The van der Waals surface area contributed by atoms with Crippen LogP contribution in [0.25, 0.3) is 10.9 Å². The van der Waals surface area contributed by atoms with E-state index in [-0.39, 0.29) is 5.91 Å². The fourth-order valence-electron chi connectivity index (χ4n) is 3.98. The molecule has 1 aromatic heterocycles. The Balaban J connectivity index is 1.77. The second kappa shape index (κ2) is 9.77. The number of likely N-dealkylation sites (tertiary alicyclic amines) is 1. The molecule has 32 heavy (non-hydrogen) atoms. The van der Waals surface area contributed by atoms with Crippen LogP contribution in [-0.4, -0.2) is 49.7 Å². The van der Waals surface area contributed by atoms with E-state index in [1.807, 2.05) is 54.3 Å². The number of piperidine rings is 1. The van der Waals surface area contributed by atoms with Gasteiger partial charge in [0.25, 0.3) is 5.91 Å². The van der Waals surface area contributed by atoms with Gasteiger partial charge in [0.1, 0.15) is 11.4 Å². The molecular formula is C25H29N3O4. The first-order valence-electron chi connectivity index (χ1n) is 11.0. The average Bonchev–Trinajstić information content (AvgIpc) is 2.84. The molecule has 1 saturated heterocycles. The van der Waals surface area contributed by atoms with Crippen LogP contribution < -0.4 is 19.5 Å². The number of anilines is 2. The maximum Gasteiger partial charge on any atom is 0.272 e. The fourth-order valence-corrected chi connectivity index (χ4v) is 3.98. The maximum absolute atomic E-state index is 13.2. The number of fused-ring (bicyclic) bond motifs is 1. The van der Waals surface area contributed by atoms with Gasteiger partial charge in [-0.25, -0.2) is 4.98 Å². The lowest BCUT2D eigenvalue weighted by Gasteiger charge is -2.26. The van der Waals surface area contributed by atoms with Gasteiger partial charge in [-0.15, -0.1) is 0 Å². The molecule has 1 aliphatic rings. The molecule has 7 heteroatoms. The summed E-state index contributed by atoms with van der Waals surface area (Å²) >= 11 is 0. The molecule has 4 rings (SSSR count). The van der Waals surface area contributed by atoms with Crippen molar-refractivity contribution < 1.29 is 19.0 Å². The number of carbonyl (C=O) groups is 1. The van der Waals surface area contributed by atoms with Crippen LogP contribution in [-0.2, 0) is 0 Å². The smallest absolute Gasteiger partial charge is 0.272 e. The van der Waals surface area contributed by atoms with Crippen molar-refractivity contribution in [3.8, 4) is 17.2 Å². The summed E-state index contributed by atoms with van der Waals surface area (Å²) in [4.78, 5) is 19.8. The summed E-state index contributed by atoms with van der Waals surface area (Å²) < 4.78 is 16.5. The normalized spacial score (nSPS) is 13.7. The Morgan fingerprint density at radius 3 is 2.34 bits per heavy atom. The van der Waals surface area contributed by atoms with Crippen molar-refractivity contribution in [1.29, 1.82) is 0 Å². The predicted molar refractivity (Wildman–Crippen MR) is 125 cm³/mol. The van der Waals surface area contributed by atoms with Crippen LogP contribution in [0.4, 0.5) is 11.4 Å². The molecule has 0 spiro atoms. The van der Waals surface area contributed by atoms with Crippen LogP contribution >= 0.6 is 0 Å². The van der Waals surface area contributed by atoms with Gasteiger partial charge in [0.15, 0.2) is 11.5 Å². The minimum absolute atomic E-state index is 0.0453. The number of rotatable bonds is 7. The lowest BCUT2D eigenvalue weighted by molar-refractivity contribution is 0.0719. The third kappa shape index (κ3) is 4.56. The van der Waals surface area contributed by atoms with Gasteiger partial charge in [0, 0.05) is 30.2 Å². The molecule has 3 aromatic rings. The minimum Gasteiger partial charge on any atom is -0.494 e. The van der Waals surface area contributed by atoms with Crippen LogP contribution in [0.1, 0.15) is 36.7 Å². The van der Waals surface area contributed by atoms with Gasteiger partial charge in [-0.1, -0.05) is 0 Å². The number of nitrogens with zero attached hydrogens (tertiary/aromatic N) is 2. The Morgan fingerprint density at radius 1 is 1.00 bits per heavy atom. The van der Waals surface area contributed by atoms with E-state index in [0.717, 1.165) is 54.9 Å². The molecule has 168 valence electrons. The van der Waals surface area contributed by atoms with E-state index in [1.54, 1.807) is 14.2 Å². The van der Waals surface area contributed by atoms with Crippen molar-refractivity contribution in [2.45, 2.75) is 26.2 Å². The SMILES string of the molecule is CCOc1ccc(Nc2cc(C(=O)N3CCCCC3)nc3cc(OC)c(OC)cc23)cc1. The number of ether oxygens (including phenoxy) is 3. The van der Waals surface area contributed by atoms with E-state index in [1.165, 1.54) is 0 Å². The zero-order valence-electron chi connectivity index (χ0n) is 18.8. The molecule has 2 aromatic carbocycles. The minimum atomic E-state index is -0.0453. The molecule has 1 N–H and O–H groups in total. The van der Waals surface area contributed by atoms with Gasteiger partial charge in [-0.3, -0.25) is 4.79 Å². The lowest BCUT2D eigenvalue weighted by atomic mass is 10.1. The van der Waals surface area contributed by atoms with E-state index in [0.29, 0.717) is 29.3 Å². The molecule has 0 atom stereocenters. The highest BCUT2D eigenvalue weighted by atomic mass is 16.5. The highest BCUT2D eigenvalue weighted by Gasteiger charge is 2.22. The monoisotopic (exact) mass is 435 g/mol. The zero-order chi connectivity index (χ0) is 22.5. The van der Waals surface area contributed by atoms with E-state index in [4.69, 9.17) is 14.2 Å². The molecule has 2 heterocycles. The van der Waals surface area contributed by atoms with Crippen molar-refractivity contribution in [2.24, 2.45) is 0 Å². The first kappa shape index (κ1) is 21.7. The molecule has 0 bridgehead atoms. The Morgan fingerprint density at radius 2 is 1.69 bits per heavy atom. The summed E-state index contributed by atoms with van der Waals surface area (Å²) in [7, 11) is 3.19. The number of aromatic nitrogens is 1. The predicted octanol–water partition coefficient (Wildman–Crippen LogP) is 5.02. The van der Waals surface area contributed by atoms with Gasteiger partial charge >= 0.3 is 0 Å². The summed E-state index contributed by atoms with van der Waals surface area (Å²) in [6.45, 7) is 4.11. The summed E-state index contributed by atoms with van der Waals surface area (Å²) in [5, 5.41) is 4.28. The largest absolute Gasteiger partial charge is 0.494 e. The summed E-state index contributed by atoms with van der Waals surface area (Å²) in [5.74, 6) is 1.94. The summed E-state index contributed by atoms with van der Waals surface area (Å²) in [6, 6.07) is 13.2. The van der Waals surface area contributed by atoms with Crippen molar-refractivity contribution >= 4 is 28.2 Å². The van der Waals surface area contributed by atoms with Crippen molar-refractivity contribution in [1.82, 2.24) is 9.88 Å². The highest BCUT2D eigenvalue weighted by molar-refractivity contribution is 6.01. The number of nitrogens with one attached hydrogen (secondary N) is 1. The Kier molecular flexibility index (Phi) is 6.63. The molecule has 1 amide bonds. The number of hydrogen-bond acceptors (Lipinski definition) is 6. The van der Waals surface area contributed by atoms with E-state index >= 15 is 0 Å². The summed E-state index contributed by atoms with van der Waals surface area (Å²) in [6.07, 6.45) is 3.22. The van der Waals surface area contributed by atoms with Crippen LogP contribution in [0.5, 0.6) is 17.2 Å². The molecule has 0 aliphatic carbocycles. The topological polar surface area (TPSA) is 72.9 Å². The number of pyridine rings is 1. The van der Waals surface area contributed by atoms with E-state index in [2.05, 4.69) is 10.3 Å². The van der Waals surface area contributed by atoms with Gasteiger partial charge in [-0.2, -0.15) is 0 Å². The van der Waals surface area contributed by atoms with Gasteiger partial charge in [-0.05, 0) is 62.6 Å². The third-order valence-corrected chi connectivity index (χ3v) is 5.62. The fraction of sp³-hybridized carbons (Fsp3) is 0.360. The van der Waals surface area contributed by atoms with E-state index < -0.39 is 0 Å². The van der Waals surface area contributed by atoms with Gasteiger partial charge in [0.2, 0.25) is 0 Å². The third-order valence-electron chi connectivity index (χ3n) is 5.62. The van der Waals surface area contributed by atoms with Crippen LogP contribution in [0.3, 0.4) is 0 Å². The zero-order valence-corrected chi connectivity index (χ0v) is 18.8. The second-order valence-electron chi connectivity index (χ2n) is 7.71. The average molecular weight is 436 g/mol. The molecule has 7 nitrogen and oxygen atoms in total. The van der Waals surface area contributed by atoms with E-state index in [9.17, 15) is 4.79 Å². The number of benzene rings is 2. The summed E-state index contributed by atoms with van der Waals surface area (Å²) in [5.41, 5.74) is 2.74. The Hall–Kier alpha value is -3.48. The number of hydrogen-bond donors (Lipinski definition) is 1. The first-order chi connectivity index (χ1) is 15.6. The highest BCUT2D eigenvalue weighted by Crippen LogP contribution is 2.36. The first-order valence-corrected chi connectivity index (χ1v) is 11.0. The Bertz CT molecular complexity index is 1090. The number of carbonyl (C=O) groups excluding carboxylic acids is 1. The van der Waals surface area contributed by atoms with Crippen molar-refractivity contribution in [2.75, 3.05) is 39.2 Å². The Labute approximate surface area is 188 Å². The van der Waals surface area contributed by atoms with Crippen molar-refractivity contribution in [3.05, 3.63) is 48.2 Å². The van der Waals surface area contributed by atoms with Crippen molar-refractivity contribution in [3.63, 3.8) is 0 Å². The lowest BCUT2D eigenvalue weighted by Crippen LogP contribution is -2.36. The molecular weight excluding hydrogens is 406 g/mol. The van der Waals surface area contributed by atoms with Crippen LogP contribution in [0.2, 0.25) is 0 Å². The quantitative estimate of drug-likeness (QED) is 0.562. The standard InChI is InChI=1S/C25H29N3O4/c1-4-32-18-10-8-17(9-11-18)26-20-15-22(25(29)28-12-6-5-7-13-28)27-21-16-24(31-3)23(30-2)14-19(20)21/h8-11,14-16H,4-7,12-13H2,1-3H3,(H,26,27). The number of methoxy groups -OCH3 is 2. The maximum atomic E-state index is 13.2. The molecule has 1 fully saturated rings. The van der Waals surface area contributed by atoms with Crippen LogP contribution in [0, 0.1) is 0 Å². The van der Waals surface area contributed by atoms with Crippen LogP contribution in [0.15, 0.2) is 42.5 Å². The second-order valence-corrected chi connectivity index (χ2v) is 7.71. The molecule has 0 radical (unpaired) electrons.